The molecule has 3 nitrogen and oxygen atoms in total. The molecule has 0 spiro atoms. The lowest BCUT2D eigenvalue weighted by Crippen LogP contribution is -2.38. The van der Waals surface area contributed by atoms with E-state index in [1.807, 2.05) is 18.2 Å². The van der Waals surface area contributed by atoms with Crippen LogP contribution in [0.25, 0.3) is 0 Å². The van der Waals surface area contributed by atoms with Crippen molar-refractivity contribution in [3.63, 3.8) is 0 Å². The fraction of sp³-hybridized carbons (Fsp3) is 0.562. The van der Waals surface area contributed by atoms with Crippen molar-refractivity contribution in [2.24, 2.45) is 0 Å². The smallest absolute Gasteiger partial charge is 0.220 e. The highest BCUT2D eigenvalue weighted by Gasteiger charge is 2.18. The zero-order valence-electron chi connectivity index (χ0n) is 11.7. The molecule has 2 atom stereocenters. The number of hydrogen-bond donors (Lipinski definition) is 1. The van der Waals surface area contributed by atoms with E-state index >= 15 is 0 Å². The molecule has 2 unspecified atom stereocenters. The second-order valence-electron chi connectivity index (χ2n) is 5.28. The predicted octanol–water partition coefficient (Wildman–Crippen LogP) is 2.91. The molecule has 20 heavy (non-hydrogen) atoms. The molecule has 1 fully saturated rings. The third-order valence-electron chi connectivity index (χ3n) is 3.59. The summed E-state index contributed by atoms with van der Waals surface area (Å²) in [7, 11) is 0. The SMILES string of the molecule is O=C(CCC1CCCO1)NC(CCl)Cc1ccccc1. The van der Waals surface area contributed by atoms with Gasteiger partial charge in [0.2, 0.25) is 5.91 Å². The van der Waals surface area contributed by atoms with Gasteiger partial charge in [-0.2, -0.15) is 0 Å². The Hall–Kier alpha value is -1.06. The number of ether oxygens (including phenoxy) is 1. The molecule has 0 bridgehead atoms. The first-order valence-electron chi connectivity index (χ1n) is 7.29. The van der Waals surface area contributed by atoms with Crippen LogP contribution in [0.4, 0.5) is 0 Å². The number of rotatable bonds is 7. The Balaban J connectivity index is 1.72. The Morgan fingerprint density at radius 1 is 1.40 bits per heavy atom. The van der Waals surface area contributed by atoms with Crippen molar-refractivity contribution >= 4 is 17.5 Å². The van der Waals surface area contributed by atoms with Gasteiger partial charge in [-0.05, 0) is 31.2 Å². The number of hydrogen-bond acceptors (Lipinski definition) is 2. The minimum atomic E-state index is -0.00365. The number of nitrogens with one attached hydrogen (secondary N) is 1. The summed E-state index contributed by atoms with van der Waals surface area (Å²) < 4.78 is 5.52. The highest BCUT2D eigenvalue weighted by Crippen LogP contribution is 2.16. The molecular formula is C16H22ClNO2. The van der Waals surface area contributed by atoms with Gasteiger partial charge >= 0.3 is 0 Å². The van der Waals surface area contributed by atoms with Crippen LogP contribution < -0.4 is 5.32 Å². The van der Waals surface area contributed by atoms with Gasteiger partial charge in [0, 0.05) is 24.9 Å². The van der Waals surface area contributed by atoms with Crippen molar-refractivity contribution in [3.8, 4) is 0 Å². The number of amides is 1. The van der Waals surface area contributed by atoms with Gasteiger partial charge in [-0.25, -0.2) is 0 Å². The summed E-state index contributed by atoms with van der Waals surface area (Å²) in [4.78, 5) is 11.9. The Labute approximate surface area is 125 Å². The van der Waals surface area contributed by atoms with E-state index in [-0.39, 0.29) is 18.1 Å². The van der Waals surface area contributed by atoms with Gasteiger partial charge in [-0.1, -0.05) is 30.3 Å². The molecule has 1 N–H and O–H groups in total. The summed E-state index contributed by atoms with van der Waals surface area (Å²) in [5.74, 6) is 0.502. The summed E-state index contributed by atoms with van der Waals surface area (Å²) in [6, 6.07) is 10.1. The molecule has 0 radical (unpaired) electrons. The van der Waals surface area contributed by atoms with Crippen LogP contribution in [-0.2, 0) is 16.0 Å². The molecule has 0 aliphatic carbocycles. The zero-order valence-corrected chi connectivity index (χ0v) is 12.4. The van der Waals surface area contributed by atoms with Crippen LogP contribution in [0.1, 0.15) is 31.2 Å². The van der Waals surface area contributed by atoms with Gasteiger partial charge < -0.3 is 10.1 Å². The van der Waals surface area contributed by atoms with Crippen LogP contribution in [0.3, 0.4) is 0 Å². The molecule has 110 valence electrons. The Morgan fingerprint density at radius 2 is 2.20 bits per heavy atom. The van der Waals surface area contributed by atoms with Crippen LogP contribution in [0, 0.1) is 0 Å². The van der Waals surface area contributed by atoms with E-state index in [1.54, 1.807) is 0 Å². The van der Waals surface area contributed by atoms with E-state index in [1.165, 1.54) is 5.56 Å². The normalized spacial score (nSPS) is 19.8. The summed E-state index contributed by atoms with van der Waals surface area (Å²) in [6.45, 7) is 0.838. The van der Waals surface area contributed by atoms with E-state index in [0.717, 1.165) is 32.3 Å². The molecule has 2 rings (SSSR count). The summed E-state index contributed by atoms with van der Waals surface area (Å²) in [6.07, 6.45) is 4.57. The van der Waals surface area contributed by atoms with Crippen molar-refractivity contribution in [2.45, 2.75) is 44.2 Å². The number of carbonyl (C=O) groups is 1. The fourth-order valence-electron chi connectivity index (χ4n) is 2.51. The van der Waals surface area contributed by atoms with Crippen LogP contribution in [0.15, 0.2) is 30.3 Å². The zero-order chi connectivity index (χ0) is 14.2. The van der Waals surface area contributed by atoms with Crippen molar-refractivity contribution in [1.29, 1.82) is 0 Å². The molecule has 1 saturated heterocycles. The van der Waals surface area contributed by atoms with Crippen LogP contribution in [0.2, 0.25) is 0 Å². The van der Waals surface area contributed by atoms with Gasteiger partial charge in [-0.15, -0.1) is 11.6 Å². The molecule has 4 heteroatoms. The van der Waals surface area contributed by atoms with Gasteiger partial charge in [0.1, 0.15) is 0 Å². The average Bonchev–Trinajstić information content (AvgIpc) is 2.99. The fourth-order valence-corrected chi connectivity index (χ4v) is 2.69. The first kappa shape index (κ1) is 15.3. The third-order valence-corrected chi connectivity index (χ3v) is 3.97. The number of halogens is 1. The summed E-state index contributed by atoms with van der Waals surface area (Å²) in [5, 5.41) is 3.01. The standard InChI is InChI=1S/C16H22ClNO2/c17-12-14(11-13-5-2-1-3-6-13)18-16(19)9-8-15-7-4-10-20-15/h1-3,5-6,14-15H,4,7-12H2,(H,18,19). The number of carbonyl (C=O) groups excluding carboxylic acids is 1. The minimum Gasteiger partial charge on any atom is -0.378 e. The van der Waals surface area contributed by atoms with Crippen molar-refractivity contribution in [2.75, 3.05) is 12.5 Å². The number of benzene rings is 1. The minimum absolute atomic E-state index is 0.00365. The van der Waals surface area contributed by atoms with Crippen LogP contribution in [0.5, 0.6) is 0 Å². The lowest BCUT2D eigenvalue weighted by molar-refractivity contribution is -0.122. The first-order valence-corrected chi connectivity index (χ1v) is 7.82. The molecule has 1 aromatic carbocycles. The van der Waals surface area contributed by atoms with Gasteiger partial charge in [0.05, 0.1) is 6.10 Å². The molecule has 1 aliphatic rings. The molecule has 1 heterocycles. The van der Waals surface area contributed by atoms with E-state index in [9.17, 15) is 4.79 Å². The monoisotopic (exact) mass is 295 g/mol. The summed E-state index contributed by atoms with van der Waals surface area (Å²) in [5.41, 5.74) is 1.19. The molecule has 0 aromatic heterocycles. The molecule has 1 amide bonds. The van der Waals surface area contributed by atoms with E-state index in [2.05, 4.69) is 17.4 Å². The third kappa shape index (κ3) is 5.14. The largest absolute Gasteiger partial charge is 0.378 e. The predicted molar refractivity (Wildman–Crippen MR) is 81.0 cm³/mol. The van der Waals surface area contributed by atoms with Gasteiger partial charge in [-0.3, -0.25) is 4.79 Å². The van der Waals surface area contributed by atoms with Crippen LogP contribution in [-0.4, -0.2) is 30.5 Å². The Kier molecular flexibility index (Phi) is 6.34. The average molecular weight is 296 g/mol. The Morgan fingerprint density at radius 3 is 2.85 bits per heavy atom. The van der Waals surface area contributed by atoms with E-state index in [4.69, 9.17) is 16.3 Å². The van der Waals surface area contributed by atoms with Crippen molar-refractivity contribution in [1.82, 2.24) is 5.32 Å². The highest BCUT2D eigenvalue weighted by atomic mass is 35.5. The van der Waals surface area contributed by atoms with E-state index < -0.39 is 0 Å². The first-order chi connectivity index (χ1) is 9.78. The van der Waals surface area contributed by atoms with Gasteiger partial charge in [0.15, 0.2) is 0 Å². The van der Waals surface area contributed by atoms with Crippen LogP contribution >= 0.6 is 11.6 Å². The topological polar surface area (TPSA) is 38.3 Å². The molecule has 1 aromatic rings. The lowest BCUT2D eigenvalue weighted by atomic mass is 10.1. The maximum Gasteiger partial charge on any atom is 0.220 e. The summed E-state index contributed by atoms with van der Waals surface area (Å²) >= 11 is 5.95. The second-order valence-corrected chi connectivity index (χ2v) is 5.59. The maximum absolute atomic E-state index is 11.9. The lowest BCUT2D eigenvalue weighted by Gasteiger charge is -2.17. The molecular weight excluding hydrogens is 274 g/mol. The highest BCUT2D eigenvalue weighted by molar-refractivity contribution is 6.18. The maximum atomic E-state index is 11.9. The Bertz CT molecular complexity index is 404. The molecule has 1 aliphatic heterocycles. The number of alkyl halides is 1. The van der Waals surface area contributed by atoms with Crippen molar-refractivity contribution < 1.29 is 9.53 Å². The van der Waals surface area contributed by atoms with Crippen molar-refractivity contribution in [3.05, 3.63) is 35.9 Å². The van der Waals surface area contributed by atoms with Gasteiger partial charge in [0.25, 0.3) is 0 Å². The quantitative estimate of drug-likeness (QED) is 0.786. The second kappa shape index (κ2) is 8.28. The molecule has 0 saturated carbocycles. The van der Waals surface area contributed by atoms with E-state index in [0.29, 0.717) is 12.3 Å².